The normalized spacial score (nSPS) is 10.1. The number of aryl methyl sites for hydroxylation is 1. The molecule has 4 nitrogen and oxygen atoms in total. The van der Waals surface area contributed by atoms with Crippen LogP contribution < -0.4 is 5.32 Å². The summed E-state index contributed by atoms with van der Waals surface area (Å²) >= 11 is 5.43. The predicted molar refractivity (Wildman–Crippen MR) is 72.2 cm³/mol. The minimum Gasteiger partial charge on any atom is -0.462 e. The molecular weight excluding hydrogens is 254 g/mol. The molecule has 0 fully saturated rings. The number of hydrogen-bond donors (Lipinski definition) is 1. The van der Waals surface area contributed by atoms with E-state index in [4.69, 9.17) is 21.1 Å². The fraction of sp³-hybridized carbons (Fsp3) is 0.462. The zero-order valence-electron chi connectivity index (χ0n) is 10.4. The fourth-order valence-corrected chi connectivity index (χ4v) is 1.47. The summed E-state index contributed by atoms with van der Waals surface area (Å²) in [4.78, 5) is 11.4. The van der Waals surface area contributed by atoms with Crippen molar-refractivity contribution >= 4 is 23.3 Å². The highest BCUT2D eigenvalue weighted by atomic mass is 35.5. The highest BCUT2D eigenvalue weighted by Gasteiger charge is 2.03. The molecule has 0 atom stereocenters. The van der Waals surface area contributed by atoms with E-state index >= 15 is 0 Å². The van der Waals surface area contributed by atoms with E-state index in [1.54, 1.807) is 0 Å². The van der Waals surface area contributed by atoms with E-state index in [0.29, 0.717) is 19.1 Å². The van der Waals surface area contributed by atoms with E-state index < -0.39 is 0 Å². The van der Waals surface area contributed by atoms with Crippen LogP contribution >= 0.6 is 11.6 Å². The number of ether oxygens (including phenoxy) is 2. The van der Waals surface area contributed by atoms with Crippen LogP contribution in [0, 0.1) is 6.92 Å². The lowest BCUT2D eigenvalue weighted by molar-refractivity contribution is -0.142. The Balaban J connectivity index is 2.15. The van der Waals surface area contributed by atoms with Crippen molar-refractivity contribution < 1.29 is 14.3 Å². The average Bonchev–Trinajstić information content (AvgIpc) is 2.37. The molecule has 0 aliphatic heterocycles. The smallest absolute Gasteiger partial charge is 0.325 e. The number of nitrogens with one attached hydrogen (secondary N) is 1. The van der Waals surface area contributed by atoms with Crippen LogP contribution in [0.25, 0.3) is 0 Å². The minimum atomic E-state index is -0.298. The Hall–Kier alpha value is -1.26. The van der Waals surface area contributed by atoms with Crippen molar-refractivity contribution in [3.63, 3.8) is 0 Å². The van der Waals surface area contributed by atoms with Gasteiger partial charge in [0.25, 0.3) is 0 Å². The van der Waals surface area contributed by atoms with Gasteiger partial charge >= 0.3 is 5.97 Å². The summed E-state index contributed by atoms with van der Waals surface area (Å²) < 4.78 is 10.1. The van der Waals surface area contributed by atoms with Crippen molar-refractivity contribution in [1.29, 1.82) is 0 Å². The van der Waals surface area contributed by atoms with Gasteiger partial charge in [-0.25, -0.2) is 0 Å². The molecule has 18 heavy (non-hydrogen) atoms. The van der Waals surface area contributed by atoms with Gasteiger partial charge in [-0.2, -0.15) is 0 Å². The number of hydrogen-bond acceptors (Lipinski definition) is 4. The number of halogens is 1. The summed E-state index contributed by atoms with van der Waals surface area (Å²) in [5, 5.41) is 3.03. The fourth-order valence-electron chi connectivity index (χ4n) is 1.36. The quantitative estimate of drug-likeness (QED) is 0.447. The second-order valence-electron chi connectivity index (χ2n) is 3.69. The highest BCUT2D eigenvalue weighted by molar-refractivity contribution is 6.17. The molecule has 0 spiro atoms. The Morgan fingerprint density at radius 2 is 2.06 bits per heavy atom. The topological polar surface area (TPSA) is 47.6 Å². The first-order valence-corrected chi connectivity index (χ1v) is 6.36. The molecule has 0 aromatic heterocycles. The van der Waals surface area contributed by atoms with Crippen molar-refractivity contribution in [2.24, 2.45) is 0 Å². The van der Waals surface area contributed by atoms with Crippen molar-refractivity contribution in [3.05, 3.63) is 29.8 Å². The maximum Gasteiger partial charge on any atom is 0.325 e. The summed E-state index contributed by atoms with van der Waals surface area (Å²) in [7, 11) is 0. The number of carbonyl (C=O) groups is 1. The Kier molecular flexibility index (Phi) is 7.22. The Bertz CT molecular complexity index is 371. The molecule has 1 N–H and O–H groups in total. The molecule has 0 unspecified atom stereocenters. The van der Waals surface area contributed by atoms with Gasteiger partial charge in [0.1, 0.15) is 13.2 Å². The van der Waals surface area contributed by atoms with E-state index in [0.717, 1.165) is 11.3 Å². The van der Waals surface area contributed by atoms with Gasteiger partial charge in [0.15, 0.2) is 0 Å². The lowest BCUT2D eigenvalue weighted by atomic mass is 10.2. The van der Waals surface area contributed by atoms with E-state index in [2.05, 4.69) is 5.32 Å². The number of carbonyl (C=O) groups excluding carboxylic acids is 1. The number of anilines is 1. The molecule has 0 saturated heterocycles. The van der Waals surface area contributed by atoms with Gasteiger partial charge in [-0.3, -0.25) is 4.79 Å². The standard InChI is InChI=1S/C13H18ClNO3/c1-11-4-2-3-5-12(11)15-10-13(16)18-9-8-17-7-6-14/h2-5,15H,6-10H2,1H3. The molecule has 100 valence electrons. The molecule has 0 aliphatic carbocycles. The van der Waals surface area contributed by atoms with E-state index in [9.17, 15) is 4.79 Å². The number of rotatable bonds is 8. The Morgan fingerprint density at radius 1 is 1.28 bits per heavy atom. The highest BCUT2D eigenvalue weighted by Crippen LogP contribution is 2.12. The van der Waals surface area contributed by atoms with Crippen LogP contribution in [0.15, 0.2) is 24.3 Å². The minimum absolute atomic E-state index is 0.153. The third-order valence-electron chi connectivity index (χ3n) is 2.28. The molecule has 5 heteroatoms. The molecule has 0 bridgehead atoms. The molecule has 1 rings (SSSR count). The van der Waals surface area contributed by atoms with E-state index in [-0.39, 0.29) is 19.1 Å². The lowest BCUT2D eigenvalue weighted by Gasteiger charge is -2.09. The van der Waals surface area contributed by atoms with Crippen LogP contribution in [0.5, 0.6) is 0 Å². The van der Waals surface area contributed by atoms with Crippen LogP contribution in [-0.2, 0) is 14.3 Å². The summed E-state index contributed by atoms with van der Waals surface area (Å²) in [5.41, 5.74) is 2.03. The van der Waals surface area contributed by atoms with Gasteiger partial charge in [0, 0.05) is 11.6 Å². The molecule has 0 aliphatic rings. The van der Waals surface area contributed by atoms with Crippen molar-refractivity contribution in [3.8, 4) is 0 Å². The predicted octanol–water partition coefficient (Wildman–Crippen LogP) is 2.21. The number of benzene rings is 1. The summed E-state index contributed by atoms with van der Waals surface area (Å²) in [6.07, 6.45) is 0. The third-order valence-corrected chi connectivity index (χ3v) is 2.43. The average molecular weight is 272 g/mol. The molecule has 1 aromatic rings. The maximum atomic E-state index is 11.4. The largest absolute Gasteiger partial charge is 0.462 e. The van der Waals surface area contributed by atoms with Crippen LogP contribution in [0.2, 0.25) is 0 Å². The monoisotopic (exact) mass is 271 g/mol. The maximum absolute atomic E-state index is 11.4. The van der Waals surface area contributed by atoms with E-state index in [1.807, 2.05) is 31.2 Å². The van der Waals surface area contributed by atoms with Gasteiger partial charge in [-0.15, -0.1) is 11.6 Å². The van der Waals surface area contributed by atoms with Crippen molar-refractivity contribution in [2.75, 3.05) is 37.6 Å². The van der Waals surface area contributed by atoms with Gasteiger partial charge in [0.2, 0.25) is 0 Å². The Morgan fingerprint density at radius 3 is 2.78 bits per heavy atom. The van der Waals surface area contributed by atoms with Crippen molar-refractivity contribution in [1.82, 2.24) is 0 Å². The Labute approximate surface area is 112 Å². The molecule has 0 heterocycles. The first-order valence-electron chi connectivity index (χ1n) is 5.83. The second kappa shape index (κ2) is 8.78. The zero-order chi connectivity index (χ0) is 13.2. The zero-order valence-corrected chi connectivity index (χ0v) is 11.2. The molecule has 1 aromatic carbocycles. The van der Waals surface area contributed by atoms with Crippen LogP contribution in [-0.4, -0.2) is 38.2 Å². The molecule has 0 radical (unpaired) electrons. The SMILES string of the molecule is Cc1ccccc1NCC(=O)OCCOCCCl. The lowest BCUT2D eigenvalue weighted by Crippen LogP contribution is -2.19. The number of alkyl halides is 1. The van der Waals surface area contributed by atoms with Gasteiger partial charge in [0.05, 0.1) is 13.2 Å². The number of esters is 1. The second-order valence-corrected chi connectivity index (χ2v) is 4.07. The van der Waals surface area contributed by atoms with Gasteiger partial charge in [-0.05, 0) is 18.6 Å². The molecular formula is C13H18ClNO3. The first-order chi connectivity index (χ1) is 8.74. The van der Waals surface area contributed by atoms with Crippen LogP contribution in [0.1, 0.15) is 5.56 Å². The van der Waals surface area contributed by atoms with Crippen LogP contribution in [0.3, 0.4) is 0 Å². The van der Waals surface area contributed by atoms with Crippen LogP contribution in [0.4, 0.5) is 5.69 Å². The molecule has 0 amide bonds. The number of para-hydroxylation sites is 1. The van der Waals surface area contributed by atoms with Gasteiger partial charge < -0.3 is 14.8 Å². The van der Waals surface area contributed by atoms with Crippen molar-refractivity contribution in [2.45, 2.75) is 6.92 Å². The summed E-state index contributed by atoms with van der Waals surface area (Å²) in [6.45, 7) is 3.24. The van der Waals surface area contributed by atoms with Gasteiger partial charge in [-0.1, -0.05) is 18.2 Å². The summed E-state index contributed by atoms with van der Waals surface area (Å²) in [5.74, 6) is 0.149. The summed E-state index contributed by atoms with van der Waals surface area (Å²) in [6, 6.07) is 7.77. The first kappa shape index (κ1) is 14.8. The third kappa shape index (κ3) is 5.89. The molecule has 0 saturated carbocycles. The van der Waals surface area contributed by atoms with E-state index in [1.165, 1.54) is 0 Å².